The molecule has 0 fully saturated rings. The molecule has 0 aliphatic carbocycles. The summed E-state index contributed by atoms with van der Waals surface area (Å²) in [6.07, 6.45) is 0.264. The van der Waals surface area contributed by atoms with Crippen LogP contribution in [0.25, 0.3) is 0 Å². The van der Waals surface area contributed by atoms with Gasteiger partial charge in [-0.05, 0) is 42.3 Å². The molecule has 3 N–H and O–H groups in total. The monoisotopic (exact) mass is 428 g/mol. The third kappa shape index (κ3) is 5.51. The molecular weight excluding hydrogens is 404 g/mol. The summed E-state index contributed by atoms with van der Waals surface area (Å²) in [5, 5.41) is 9.77. The first-order valence-corrected chi connectivity index (χ1v) is 10.4. The molecule has 162 valence electrons. The maximum absolute atomic E-state index is 12.4. The van der Waals surface area contributed by atoms with Gasteiger partial charge in [0.25, 0.3) is 0 Å². The number of rotatable bonds is 7. The van der Waals surface area contributed by atoms with Gasteiger partial charge in [-0.2, -0.15) is 5.10 Å². The number of urea groups is 1. The van der Waals surface area contributed by atoms with Crippen LogP contribution in [0.2, 0.25) is 0 Å². The highest BCUT2D eigenvalue weighted by molar-refractivity contribution is 6.07. The van der Waals surface area contributed by atoms with Gasteiger partial charge >= 0.3 is 6.03 Å². The number of hydrogen-bond donors (Lipinski definition) is 3. The van der Waals surface area contributed by atoms with Crippen LogP contribution in [0.3, 0.4) is 0 Å². The number of benzene rings is 3. The molecule has 0 radical (unpaired) electrons. The van der Waals surface area contributed by atoms with E-state index in [0.29, 0.717) is 12.3 Å². The van der Waals surface area contributed by atoms with Crippen LogP contribution >= 0.6 is 0 Å². The zero-order chi connectivity index (χ0) is 22.3. The van der Waals surface area contributed by atoms with Crippen molar-refractivity contribution < 1.29 is 14.3 Å². The Morgan fingerprint density at radius 2 is 1.69 bits per heavy atom. The van der Waals surface area contributed by atoms with Crippen molar-refractivity contribution in [3.8, 4) is 5.75 Å². The van der Waals surface area contributed by atoms with E-state index in [1.807, 2.05) is 85.8 Å². The smallest absolute Gasteiger partial charge is 0.335 e. The molecule has 7 heteroatoms. The molecule has 0 saturated heterocycles. The Balaban J connectivity index is 1.29. The highest BCUT2D eigenvalue weighted by Gasteiger charge is 2.20. The molecule has 7 nitrogen and oxygen atoms in total. The topological polar surface area (TPSA) is 91.8 Å². The van der Waals surface area contributed by atoms with Crippen molar-refractivity contribution in [2.45, 2.75) is 26.0 Å². The average molecular weight is 428 g/mol. The Morgan fingerprint density at radius 3 is 2.38 bits per heavy atom. The van der Waals surface area contributed by atoms with Crippen molar-refractivity contribution in [1.29, 1.82) is 0 Å². The van der Waals surface area contributed by atoms with Gasteiger partial charge in [0, 0.05) is 11.3 Å². The average Bonchev–Trinajstić information content (AvgIpc) is 2.80. The van der Waals surface area contributed by atoms with Gasteiger partial charge in [-0.25, -0.2) is 10.2 Å². The fraction of sp³-hybridized carbons (Fsp3) is 0.160. The van der Waals surface area contributed by atoms with Gasteiger partial charge in [0.1, 0.15) is 12.4 Å². The second kappa shape index (κ2) is 9.78. The van der Waals surface area contributed by atoms with E-state index in [4.69, 9.17) is 4.74 Å². The molecule has 1 aliphatic rings. The largest absolute Gasteiger partial charge is 0.489 e. The molecule has 1 aliphatic heterocycles. The number of carbonyl (C=O) groups is 2. The summed E-state index contributed by atoms with van der Waals surface area (Å²) in [5.74, 6) is 0.659. The van der Waals surface area contributed by atoms with E-state index in [2.05, 4.69) is 21.2 Å². The summed E-state index contributed by atoms with van der Waals surface area (Å²) >= 11 is 0. The third-order valence-corrected chi connectivity index (χ3v) is 5.04. The Kier molecular flexibility index (Phi) is 6.46. The van der Waals surface area contributed by atoms with Crippen molar-refractivity contribution in [3.05, 3.63) is 95.6 Å². The minimum atomic E-state index is -0.319. The Bertz CT molecular complexity index is 1110. The van der Waals surface area contributed by atoms with Gasteiger partial charge in [-0.1, -0.05) is 54.6 Å². The highest BCUT2D eigenvalue weighted by atomic mass is 16.5. The Morgan fingerprint density at radius 1 is 0.969 bits per heavy atom. The number of amides is 3. The number of nitrogens with zero attached hydrogens (tertiary/aromatic N) is 1. The molecule has 0 spiro atoms. The number of hydrogen-bond acceptors (Lipinski definition) is 4. The molecule has 0 aromatic heterocycles. The molecule has 32 heavy (non-hydrogen) atoms. The molecule has 0 bridgehead atoms. The normalized spacial score (nSPS) is 15.2. The van der Waals surface area contributed by atoms with Gasteiger partial charge in [-0.3, -0.25) is 4.79 Å². The standard InChI is InChI=1S/C25H24N4O3/c1-17-24(28-29-25(31)26-17)20-9-11-21(12-10-20)27-23(30)15-18-7-13-22(14-8-18)32-16-19-5-3-2-4-6-19/h2-14,17H,15-16H2,1H3,(H,27,30)(H2,26,29,31). The molecule has 3 aromatic carbocycles. The molecule has 4 rings (SSSR count). The second-order valence-electron chi connectivity index (χ2n) is 7.52. The Labute approximate surface area is 186 Å². The molecule has 0 saturated carbocycles. The number of hydrazone groups is 1. The van der Waals surface area contributed by atoms with E-state index in [1.165, 1.54) is 0 Å². The molecule has 3 amide bonds. The van der Waals surface area contributed by atoms with Crippen LogP contribution in [-0.4, -0.2) is 23.7 Å². The summed E-state index contributed by atoms with van der Waals surface area (Å²) in [6.45, 7) is 2.37. The maximum atomic E-state index is 12.4. The van der Waals surface area contributed by atoms with E-state index in [0.717, 1.165) is 28.2 Å². The van der Waals surface area contributed by atoms with E-state index in [1.54, 1.807) is 0 Å². The lowest BCUT2D eigenvalue weighted by atomic mass is 10.0. The second-order valence-corrected chi connectivity index (χ2v) is 7.52. The number of nitrogens with one attached hydrogen (secondary N) is 3. The lowest BCUT2D eigenvalue weighted by Gasteiger charge is -2.21. The van der Waals surface area contributed by atoms with Crippen molar-refractivity contribution in [1.82, 2.24) is 10.7 Å². The van der Waals surface area contributed by atoms with Crippen LogP contribution in [0.1, 0.15) is 23.6 Å². The molecule has 1 atom stereocenters. The number of carbonyl (C=O) groups excluding carboxylic acids is 2. The molecule has 3 aromatic rings. The van der Waals surface area contributed by atoms with Gasteiger partial charge in [0.05, 0.1) is 18.2 Å². The summed E-state index contributed by atoms with van der Waals surface area (Å²) in [7, 11) is 0. The van der Waals surface area contributed by atoms with Crippen molar-refractivity contribution >= 4 is 23.3 Å². The SMILES string of the molecule is CC1NC(=O)NN=C1c1ccc(NC(=O)Cc2ccc(OCc3ccccc3)cc2)cc1. The fourth-order valence-corrected chi connectivity index (χ4v) is 3.38. The van der Waals surface area contributed by atoms with Gasteiger partial charge in [0.2, 0.25) is 5.91 Å². The van der Waals surface area contributed by atoms with Crippen LogP contribution in [0.15, 0.2) is 84.0 Å². The third-order valence-electron chi connectivity index (χ3n) is 5.04. The first kappa shape index (κ1) is 21.1. The predicted molar refractivity (Wildman–Crippen MR) is 124 cm³/mol. The van der Waals surface area contributed by atoms with E-state index in [-0.39, 0.29) is 24.4 Å². The summed E-state index contributed by atoms with van der Waals surface area (Å²) in [6, 6.07) is 24.4. The summed E-state index contributed by atoms with van der Waals surface area (Å²) in [4.78, 5) is 23.7. The van der Waals surface area contributed by atoms with E-state index in [9.17, 15) is 9.59 Å². The minimum absolute atomic E-state index is 0.104. The Hall–Kier alpha value is -4.13. The highest BCUT2D eigenvalue weighted by Crippen LogP contribution is 2.16. The van der Waals surface area contributed by atoms with Gasteiger partial charge in [-0.15, -0.1) is 0 Å². The summed E-state index contributed by atoms with van der Waals surface area (Å²) in [5.41, 5.74) is 6.72. The summed E-state index contributed by atoms with van der Waals surface area (Å²) < 4.78 is 5.78. The number of ether oxygens (including phenoxy) is 1. The zero-order valence-corrected chi connectivity index (χ0v) is 17.7. The fourth-order valence-electron chi connectivity index (χ4n) is 3.38. The molecule has 1 heterocycles. The first-order valence-electron chi connectivity index (χ1n) is 10.4. The first-order chi connectivity index (χ1) is 15.6. The quantitative estimate of drug-likeness (QED) is 0.534. The maximum Gasteiger partial charge on any atom is 0.335 e. The van der Waals surface area contributed by atoms with Crippen LogP contribution < -0.4 is 20.8 Å². The van der Waals surface area contributed by atoms with E-state index < -0.39 is 0 Å². The van der Waals surface area contributed by atoms with Crippen molar-refractivity contribution in [2.75, 3.05) is 5.32 Å². The zero-order valence-electron chi connectivity index (χ0n) is 17.7. The number of anilines is 1. The lowest BCUT2D eigenvalue weighted by Crippen LogP contribution is -2.48. The minimum Gasteiger partial charge on any atom is -0.489 e. The van der Waals surface area contributed by atoms with Crippen LogP contribution in [0.5, 0.6) is 5.75 Å². The van der Waals surface area contributed by atoms with Crippen molar-refractivity contribution in [2.24, 2.45) is 5.10 Å². The van der Waals surface area contributed by atoms with Gasteiger partial charge in [0.15, 0.2) is 0 Å². The molecular formula is C25H24N4O3. The lowest BCUT2D eigenvalue weighted by molar-refractivity contribution is -0.115. The van der Waals surface area contributed by atoms with Crippen LogP contribution in [-0.2, 0) is 17.8 Å². The van der Waals surface area contributed by atoms with E-state index >= 15 is 0 Å². The van der Waals surface area contributed by atoms with Gasteiger partial charge < -0.3 is 15.4 Å². The molecule has 1 unspecified atom stereocenters. The van der Waals surface area contributed by atoms with Crippen molar-refractivity contribution in [3.63, 3.8) is 0 Å². The predicted octanol–water partition coefficient (Wildman–Crippen LogP) is 3.85. The van der Waals surface area contributed by atoms with Crippen LogP contribution in [0, 0.1) is 0 Å². The van der Waals surface area contributed by atoms with Crippen LogP contribution in [0.4, 0.5) is 10.5 Å².